The Labute approximate surface area is 292 Å². The average Bonchev–Trinajstić information content (AvgIpc) is 3.44. The lowest BCUT2D eigenvalue weighted by Gasteiger charge is -2.37. The first-order valence-electron chi connectivity index (χ1n) is 15.2. The van der Waals surface area contributed by atoms with Crippen LogP contribution in [0.15, 0.2) is 78.8 Å². The molecule has 0 fully saturated rings. The largest absolute Gasteiger partial charge is 0.464 e. The maximum atomic E-state index is 15.8. The van der Waals surface area contributed by atoms with Crippen molar-refractivity contribution >= 4 is 56.9 Å². The number of hydrogen-bond donors (Lipinski definition) is 5. The number of benzene rings is 3. The van der Waals surface area contributed by atoms with Gasteiger partial charge in [0.1, 0.15) is 11.3 Å². The Bertz CT molecular complexity index is 2570. The van der Waals surface area contributed by atoms with Crippen LogP contribution in [0.5, 0.6) is 0 Å². The van der Waals surface area contributed by atoms with E-state index in [0.29, 0.717) is 0 Å². The normalized spacial score (nSPS) is 14.7. The van der Waals surface area contributed by atoms with Gasteiger partial charge in [-0.15, -0.1) is 0 Å². The molecular weight excluding hydrogens is 709 g/mol. The van der Waals surface area contributed by atoms with Gasteiger partial charge in [0.25, 0.3) is 11.4 Å². The number of nitrogens with zero attached hydrogens (tertiary/aromatic N) is 4. The van der Waals surface area contributed by atoms with Gasteiger partial charge in [-0.2, -0.15) is 0 Å². The number of ether oxygens (including phenoxy) is 1. The van der Waals surface area contributed by atoms with Gasteiger partial charge >= 0.3 is 28.2 Å². The predicted octanol–water partition coefficient (Wildman–Crippen LogP) is 1.97. The molecule has 3 aromatic carbocycles. The minimum atomic E-state index is -1.56. The summed E-state index contributed by atoms with van der Waals surface area (Å²) in [6, 6.07) is 8.11. The topological polar surface area (TPSA) is 277 Å². The molecule has 6 N–H and O–H groups in total. The molecule has 6 rings (SSSR count). The molecule has 0 saturated heterocycles. The zero-order valence-corrected chi connectivity index (χ0v) is 27.5. The lowest BCUT2D eigenvalue weighted by Crippen LogP contribution is -2.49. The number of nitrogens with two attached hydrogens (primary N) is 1. The molecular formula is C31H26FN9O10S. The fourth-order valence-electron chi connectivity index (χ4n) is 5.85. The molecule has 1 aliphatic rings. The molecule has 5 aromatic rings. The number of hydrogen-bond acceptors (Lipinski definition) is 14. The molecule has 2 aromatic heterocycles. The Balaban J connectivity index is 1.55. The maximum Gasteiger partial charge on any atom is 0.335 e. The number of carbonyl (C=O) groups excluding carboxylic acids is 1. The van der Waals surface area contributed by atoms with E-state index in [9.17, 15) is 44.2 Å². The molecule has 1 aliphatic heterocycles. The minimum Gasteiger partial charge on any atom is -0.464 e. The number of para-hydroxylation sites is 1. The van der Waals surface area contributed by atoms with Crippen LogP contribution in [-0.2, 0) is 22.6 Å². The van der Waals surface area contributed by atoms with Crippen molar-refractivity contribution in [2.75, 3.05) is 11.5 Å². The summed E-state index contributed by atoms with van der Waals surface area (Å²) in [6.07, 6.45) is 0. The monoisotopic (exact) mass is 735 g/mol. The Morgan fingerprint density at radius 1 is 0.923 bits per heavy atom. The second-order valence-corrected chi connectivity index (χ2v) is 12.3. The van der Waals surface area contributed by atoms with E-state index >= 15 is 4.39 Å². The summed E-state index contributed by atoms with van der Waals surface area (Å²) in [5.74, 6) is -1.74. The minimum absolute atomic E-state index is 0.00316. The smallest absolute Gasteiger partial charge is 0.335 e. The highest BCUT2D eigenvalue weighted by molar-refractivity contribution is 8.02. The summed E-state index contributed by atoms with van der Waals surface area (Å²) in [6.45, 7) is 0.607. The quantitative estimate of drug-likeness (QED) is 0.0562. The average molecular weight is 736 g/mol. The molecule has 0 bridgehead atoms. The molecule has 0 aliphatic carbocycles. The number of rotatable bonds is 11. The van der Waals surface area contributed by atoms with Crippen LogP contribution in [0.2, 0.25) is 0 Å². The number of H-pyrrole nitrogens is 4. The fraction of sp³-hybridized carbons (Fsp3) is 0.194. The van der Waals surface area contributed by atoms with Crippen LogP contribution in [0.25, 0.3) is 22.1 Å². The van der Waals surface area contributed by atoms with Crippen LogP contribution in [0.1, 0.15) is 18.1 Å². The number of nitro benzene ring substituents is 2. The van der Waals surface area contributed by atoms with Gasteiger partial charge in [-0.1, -0.05) is 23.9 Å². The number of aromatic amines is 4. The highest BCUT2D eigenvalue weighted by Crippen LogP contribution is 2.38. The third-order valence-corrected chi connectivity index (χ3v) is 9.04. The van der Waals surface area contributed by atoms with E-state index in [-0.39, 0.29) is 57.7 Å². The number of aromatic nitrogens is 4. The van der Waals surface area contributed by atoms with Crippen LogP contribution in [-0.4, -0.2) is 58.8 Å². The first-order chi connectivity index (χ1) is 24.8. The maximum absolute atomic E-state index is 15.8. The van der Waals surface area contributed by atoms with Gasteiger partial charge in [-0.3, -0.25) is 39.4 Å². The van der Waals surface area contributed by atoms with Gasteiger partial charge < -0.3 is 40.2 Å². The summed E-state index contributed by atoms with van der Waals surface area (Å²) >= 11 is 1.03. The first kappa shape index (κ1) is 35.2. The highest BCUT2D eigenvalue weighted by atomic mass is 32.2. The van der Waals surface area contributed by atoms with E-state index < -0.39 is 73.3 Å². The number of thioether (sulfide) groups is 1. The van der Waals surface area contributed by atoms with E-state index in [1.807, 2.05) is 0 Å². The molecule has 0 saturated carbocycles. The second-order valence-electron chi connectivity index (χ2n) is 11.3. The van der Waals surface area contributed by atoms with E-state index in [4.69, 9.17) is 10.5 Å². The van der Waals surface area contributed by atoms with E-state index in [2.05, 4.69) is 19.9 Å². The summed E-state index contributed by atoms with van der Waals surface area (Å²) in [7, 11) is 0. The van der Waals surface area contributed by atoms with Crippen molar-refractivity contribution < 1.29 is 23.8 Å². The summed E-state index contributed by atoms with van der Waals surface area (Å²) in [5.41, 5.74) is 0.248. The molecule has 0 spiro atoms. The van der Waals surface area contributed by atoms with Crippen molar-refractivity contribution in [2.24, 2.45) is 5.73 Å². The number of fused-ring (bicyclic) bond motifs is 2. The number of nitrogens with one attached hydrogen (secondary N) is 4. The van der Waals surface area contributed by atoms with Crippen molar-refractivity contribution in [1.82, 2.24) is 24.8 Å². The molecule has 19 nitrogen and oxygen atoms in total. The van der Waals surface area contributed by atoms with Gasteiger partial charge in [0.2, 0.25) is 0 Å². The van der Waals surface area contributed by atoms with Crippen LogP contribution in [0.4, 0.5) is 21.5 Å². The van der Waals surface area contributed by atoms with E-state index in [0.717, 1.165) is 42.1 Å². The zero-order valence-electron chi connectivity index (χ0n) is 26.7. The van der Waals surface area contributed by atoms with E-state index in [1.54, 1.807) is 0 Å². The molecule has 3 heterocycles. The molecule has 0 amide bonds. The predicted molar refractivity (Wildman–Crippen MR) is 186 cm³/mol. The molecule has 52 heavy (non-hydrogen) atoms. The van der Waals surface area contributed by atoms with E-state index in [1.165, 1.54) is 40.3 Å². The Morgan fingerprint density at radius 2 is 1.46 bits per heavy atom. The molecule has 21 heteroatoms. The SMILES string of the molecule is CCOC(=O)C(C1=CSC(N)N1Cc1cc([N+](=O)[O-])cc2[nH]c(=O)c(=O)[nH]c12)N(Cc1cc([N+](=O)[O-])cc2[nH]c(=O)c(=O)[nH]c12)c1ccccc1F. The Morgan fingerprint density at radius 3 is 2.02 bits per heavy atom. The molecule has 268 valence electrons. The zero-order chi connectivity index (χ0) is 37.4. The number of nitro groups is 2. The Hall–Kier alpha value is -6.61. The van der Waals surface area contributed by atoms with Crippen molar-refractivity contribution in [3.8, 4) is 0 Å². The standard InChI is InChI=1S/C31H26FN9O10S/c1-2-51-30(46)25(22-13-52-31(33)39(22)12-15-8-17(41(49)50)10-20-24(15)37-29(45)27(43)35-20)38(21-6-4-3-5-18(21)32)11-14-7-16(40(47)48)9-19-23(14)36-28(44)26(42)34-19/h3-10,13,25,31H,2,11-12,33H2,1H3,(H,34,42)(H,35,43)(H,36,44)(H,37,45). The van der Waals surface area contributed by atoms with Gasteiger partial charge in [-0.25, -0.2) is 9.18 Å². The first-order valence-corrected chi connectivity index (χ1v) is 16.1. The van der Waals surface area contributed by atoms with Gasteiger partial charge in [-0.05, 0) is 24.5 Å². The lowest BCUT2D eigenvalue weighted by molar-refractivity contribution is -0.385. The fourth-order valence-corrected chi connectivity index (χ4v) is 6.73. The lowest BCUT2D eigenvalue weighted by atomic mass is 10.0. The van der Waals surface area contributed by atoms with Gasteiger partial charge in [0.05, 0.1) is 49.9 Å². The summed E-state index contributed by atoms with van der Waals surface area (Å²) in [4.78, 5) is 97.4. The van der Waals surface area contributed by atoms with Gasteiger partial charge in [0, 0.05) is 48.5 Å². The molecule has 2 unspecified atom stereocenters. The Kier molecular flexibility index (Phi) is 9.45. The third-order valence-electron chi connectivity index (χ3n) is 8.13. The number of halogens is 1. The van der Waals surface area contributed by atoms with Crippen LogP contribution < -0.4 is 32.9 Å². The van der Waals surface area contributed by atoms with Crippen molar-refractivity contribution in [2.45, 2.75) is 31.6 Å². The summed E-state index contributed by atoms with van der Waals surface area (Å²) in [5, 5.41) is 25.3. The van der Waals surface area contributed by atoms with Gasteiger partial charge in [0.15, 0.2) is 6.04 Å². The van der Waals surface area contributed by atoms with Crippen molar-refractivity contribution in [3.63, 3.8) is 0 Å². The molecule has 2 atom stereocenters. The van der Waals surface area contributed by atoms with Crippen LogP contribution in [0, 0.1) is 26.0 Å². The van der Waals surface area contributed by atoms with Crippen LogP contribution >= 0.6 is 11.8 Å². The molecule has 0 radical (unpaired) electrons. The second kappa shape index (κ2) is 14.0. The van der Waals surface area contributed by atoms with Crippen molar-refractivity contribution in [3.05, 3.63) is 138 Å². The number of anilines is 1. The third kappa shape index (κ3) is 6.64. The van der Waals surface area contributed by atoms with Crippen molar-refractivity contribution in [1.29, 1.82) is 0 Å². The number of esters is 1. The highest BCUT2D eigenvalue weighted by Gasteiger charge is 2.40. The number of non-ortho nitro benzene ring substituents is 2. The number of carbonyl (C=O) groups is 1. The summed E-state index contributed by atoms with van der Waals surface area (Å²) < 4.78 is 21.2. The van der Waals surface area contributed by atoms with Crippen LogP contribution in [0.3, 0.4) is 0 Å².